The Morgan fingerprint density at radius 1 is 1.39 bits per heavy atom. The third-order valence-corrected chi connectivity index (χ3v) is 5.41. The van der Waals surface area contributed by atoms with Crippen LogP contribution in [-0.2, 0) is 11.8 Å². The molecule has 0 aromatic carbocycles. The van der Waals surface area contributed by atoms with Crippen molar-refractivity contribution >= 4 is 6.03 Å². The number of urea groups is 1. The van der Waals surface area contributed by atoms with Gasteiger partial charge in [-0.1, -0.05) is 0 Å². The van der Waals surface area contributed by atoms with E-state index in [0.29, 0.717) is 12.0 Å². The van der Waals surface area contributed by atoms with E-state index in [-0.39, 0.29) is 6.03 Å². The van der Waals surface area contributed by atoms with E-state index < -0.39 is 0 Å². The summed E-state index contributed by atoms with van der Waals surface area (Å²) >= 11 is 0. The number of likely N-dealkylation sites (tertiary alicyclic amines) is 1. The highest BCUT2D eigenvalue weighted by atomic mass is 16.5. The molecule has 0 spiro atoms. The van der Waals surface area contributed by atoms with E-state index in [1.54, 1.807) is 7.11 Å². The number of piperidine rings is 1. The fraction of sp³-hybridized carbons (Fsp3) is 0.765. The van der Waals surface area contributed by atoms with Gasteiger partial charge >= 0.3 is 6.03 Å². The first-order valence-corrected chi connectivity index (χ1v) is 8.69. The molecule has 0 radical (unpaired) electrons. The van der Waals surface area contributed by atoms with E-state index in [0.717, 1.165) is 57.7 Å². The Labute approximate surface area is 138 Å². The molecule has 6 nitrogen and oxygen atoms in total. The van der Waals surface area contributed by atoms with Gasteiger partial charge in [-0.3, -0.25) is 0 Å². The molecule has 1 N–H and O–H groups in total. The molecular formula is C17H28N4O2. The number of amides is 2. The van der Waals surface area contributed by atoms with Crippen molar-refractivity contribution in [2.75, 3.05) is 26.7 Å². The minimum Gasteiger partial charge on any atom is -0.381 e. The van der Waals surface area contributed by atoms with Gasteiger partial charge in [0.1, 0.15) is 0 Å². The number of carbonyl (C=O) groups is 1. The van der Waals surface area contributed by atoms with Crippen LogP contribution in [0.1, 0.15) is 43.7 Å². The van der Waals surface area contributed by atoms with E-state index in [9.17, 15) is 4.79 Å². The molecule has 128 valence electrons. The lowest BCUT2D eigenvalue weighted by Gasteiger charge is -2.35. The Morgan fingerprint density at radius 2 is 2.13 bits per heavy atom. The molecule has 2 aliphatic rings. The molecule has 1 saturated carbocycles. The van der Waals surface area contributed by atoms with E-state index in [4.69, 9.17) is 4.74 Å². The van der Waals surface area contributed by atoms with Crippen LogP contribution >= 0.6 is 0 Å². The summed E-state index contributed by atoms with van der Waals surface area (Å²) in [6.45, 7) is 2.44. The predicted octanol–water partition coefficient (Wildman–Crippen LogP) is 2.12. The lowest BCUT2D eigenvalue weighted by Crippen LogP contribution is -2.45. The van der Waals surface area contributed by atoms with E-state index in [1.807, 2.05) is 24.5 Å². The molecule has 6 heteroatoms. The first kappa shape index (κ1) is 16.3. The van der Waals surface area contributed by atoms with Gasteiger partial charge in [-0.15, -0.1) is 0 Å². The monoisotopic (exact) mass is 320 g/mol. The Morgan fingerprint density at radius 3 is 2.74 bits per heavy atom. The summed E-state index contributed by atoms with van der Waals surface area (Å²) in [5.74, 6) is 1.24. The van der Waals surface area contributed by atoms with Crippen molar-refractivity contribution in [3.63, 3.8) is 0 Å². The zero-order valence-corrected chi connectivity index (χ0v) is 14.2. The van der Waals surface area contributed by atoms with Crippen LogP contribution in [0.2, 0.25) is 0 Å². The van der Waals surface area contributed by atoms with Crippen LogP contribution < -0.4 is 5.32 Å². The molecule has 0 bridgehead atoms. The number of methoxy groups -OCH3 is 1. The number of hydrogen-bond acceptors (Lipinski definition) is 3. The Hall–Kier alpha value is -1.56. The molecule has 0 unspecified atom stereocenters. The van der Waals surface area contributed by atoms with Gasteiger partial charge < -0.3 is 19.5 Å². The molecule has 1 aromatic heterocycles. The minimum absolute atomic E-state index is 0.0936. The number of hydrogen-bond donors (Lipinski definition) is 1. The van der Waals surface area contributed by atoms with Gasteiger partial charge in [0.25, 0.3) is 0 Å². The van der Waals surface area contributed by atoms with E-state index in [2.05, 4.69) is 14.9 Å². The van der Waals surface area contributed by atoms with Crippen molar-refractivity contribution in [2.45, 2.75) is 44.1 Å². The topological polar surface area (TPSA) is 59.4 Å². The summed E-state index contributed by atoms with van der Waals surface area (Å²) in [6.07, 6.45) is 9.63. The Kier molecular flexibility index (Phi) is 5.20. The summed E-state index contributed by atoms with van der Waals surface area (Å²) in [4.78, 5) is 18.4. The van der Waals surface area contributed by atoms with Gasteiger partial charge in [-0.2, -0.15) is 0 Å². The van der Waals surface area contributed by atoms with Crippen LogP contribution in [0.5, 0.6) is 0 Å². The smallest absolute Gasteiger partial charge is 0.317 e. The molecule has 2 amide bonds. The SMILES string of the molecule is COC1CC(CCNC(=O)N2CCC(c3cncn3C)CC2)C1. The molecule has 1 saturated heterocycles. The number of imidazole rings is 1. The molecule has 3 rings (SSSR count). The van der Waals surface area contributed by atoms with Gasteiger partial charge in [0.05, 0.1) is 12.4 Å². The lowest BCUT2D eigenvalue weighted by atomic mass is 9.80. The molecule has 23 heavy (non-hydrogen) atoms. The third-order valence-electron chi connectivity index (χ3n) is 5.41. The number of carbonyl (C=O) groups excluding carboxylic acids is 1. The minimum atomic E-state index is 0.0936. The van der Waals surface area contributed by atoms with Gasteiger partial charge in [0.2, 0.25) is 0 Å². The van der Waals surface area contributed by atoms with Gasteiger partial charge in [0, 0.05) is 51.6 Å². The molecule has 1 aliphatic carbocycles. The average molecular weight is 320 g/mol. The van der Waals surface area contributed by atoms with E-state index in [1.165, 1.54) is 5.69 Å². The van der Waals surface area contributed by atoms with Crippen molar-refractivity contribution in [2.24, 2.45) is 13.0 Å². The van der Waals surface area contributed by atoms with Gasteiger partial charge in [-0.05, 0) is 38.0 Å². The first-order chi connectivity index (χ1) is 11.2. The average Bonchev–Trinajstić information content (AvgIpc) is 2.95. The maximum absolute atomic E-state index is 12.2. The van der Waals surface area contributed by atoms with Crippen LogP contribution in [0.15, 0.2) is 12.5 Å². The maximum Gasteiger partial charge on any atom is 0.317 e. The normalized spacial score (nSPS) is 25.2. The zero-order chi connectivity index (χ0) is 16.2. The summed E-state index contributed by atoms with van der Waals surface area (Å²) in [5, 5.41) is 3.07. The fourth-order valence-corrected chi connectivity index (χ4v) is 3.74. The molecule has 2 heterocycles. The predicted molar refractivity (Wildman–Crippen MR) is 88.3 cm³/mol. The van der Waals surface area contributed by atoms with Crippen molar-refractivity contribution in [1.82, 2.24) is 19.8 Å². The van der Waals surface area contributed by atoms with Gasteiger partial charge in [-0.25, -0.2) is 9.78 Å². The summed E-state index contributed by atoms with van der Waals surface area (Å²) < 4.78 is 7.38. The third kappa shape index (κ3) is 3.86. The van der Waals surface area contributed by atoms with E-state index >= 15 is 0 Å². The Balaban J connectivity index is 1.35. The number of nitrogens with one attached hydrogen (secondary N) is 1. The van der Waals surface area contributed by atoms with Crippen molar-refractivity contribution in [3.8, 4) is 0 Å². The first-order valence-electron chi connectivity index (χ1n) is 8.69. The van der Waals surface area contributed by atoms with Crippen LogP contribution in [0.4, 0.5) is 4.79 Å². The maximum atomic E-state index is 12.2. The number of nitrogens with zero attached hydrogens (tertiary/aromatic N) is 3. The summed E-state index contributed by atoms with van der Waals surface area (Å²) in [6, 6.07) is 0.0936. The van der Waals surface area contributed by atoms with Crippen molar-refractivity contribution in [1.29, 1.82) is 0 Å². The highest BCUT2D eigenvalue weighted by Gasteiger charge is 2.29. The highest BCUT2D eigenvalue weighted by molar-refractivity contribution is 5.74. The zero-order valence-electron chi connectivity index (χ0n) is 14.2. The standard InChI is InChI=1S/C17H28N4O2/c1-20-12-18-11-16(20)14-4-7-21(8-5-14)17(22)19-6-3-13-9-15(10-13)23-2/h11-15H,3-10H2,1-2H3,(H,19,22). The number of aryl methyl sites for hydroxylation is 1. The van der Waals surface area contributed by atoms with Crippen LogP contribution in [0, 0.1) is 5.92 Å². The van der Waals surface area contributed by atoms with Crippen LogP contribution in [0.25, 0.3) is 0 Å². The van der Waals surface area contributed by atoms with Crippen LogP contribution in [0.3, 0.4) is 0 Å². The van der Waals surface area contributed by atoms with Crippen LogP contribution in [-0.4, -0.2) is 53.3 Å². The highest BCUT2D eigenvalue weighted by Crippen LogP contribution is 2.32. The number of ether oxygens (including phenoxy) is 1. The fourth-order valence-electron chi connectivity index (χ4n) is 3.74. The molecule has 1 aliphatic heterocycles. The molecular weight excluding hydrogens is 292 g/mol. The van der Waals surface area contributed by atoms with Crippen molar-refractivity contribution in [3.05, 3.63) is 18.2 Å². The molecule has 0 atom stereocenters. The summed E-state index contributed by atoms with van der Waals surface area (Å²) in [7, 11) is 3.81. The quantitative estimate of drug-likeness (QED) is 0.904. The Bertz CT molecular complexity index is 516. The van der Waals surface area contributed by atoms with Gasteiger partial charge in [0.15, 0.2) is 0 Å². The number of aromatic nitrogens is 2. The summed E-state index contributed by atoms with van der Waals surface area (Å²) in [5.41, 5.74) is 1.28. The lowest BCUT2D eigenvalue weighted by molar-refractivity contribution is -0.00117. The number of rotatable bonds is 5. The second-order valence-corrected chi connectivity index (χ2v) is 6.91. The second-order valence-electron chi connectivity index (χ2n) is 6.91. The largest absolute Gasteiger partial charge is 0.381 e. The molecule has 1 aromatic rings. The van der Waals surface area contributed by atoms with Crippen molar-refractivity contribution < 1.29 is 9.53 Å². The second kappa shape index (κ2) is 7.34. The molecule has 2 fully saturated rings.